The predicted molar refractivity (Wildman–Crippen MR) is 166 cm³/mol. The lowest BCUT2D eigenvalue weighted by Gasteiger charge is -2.70. The number of hydrogen-bond acceptors (Lipinski definition) is 7. The van der Waals surface area contributed by atoms with Gasteiger partial charge < -0.3 is 13.8 Å². The van der Waals surface area contributed by atoms with Crippen molar-refractivity contribution in [2.75, 3.05) is 20.4 Å². The lowest BCUT2D eigenvalue weighted by molar-refractivity contribution is -0.210. The highest BCUT2D eigenvalue weighted by atomic mass is 31.2. The molecule has 0 aromatic heterocycles. The van der Waals surface area contributed by atoms with E-state index in [-0.39, 0.29) is 74.6 Å². The lowest BCUT2D eigenvalue weighted by Crippen LogP contribution is -2.66. The molecule has 0 saturated heterocycles. The summed E-state index contributed by atoms with van der Waals surface area (Å²) in [5, 5.41) is 0. The number of hydrogen-bond donors (Lipinski definition) is 0. The van der Waals surface area contributed by atoms with E-state index in [4.69, 9.17) is 13.8 Å². The Kier molecular flexibility index (Phi) is 7.97. The maximum Gasteiger partial charge on any atom is 0.337 e. The van der Waals surface area contributed by atoms with Gasteiger partial charge in [0.2, 0.25) is 0 Å². The van der Waals surface area contributed by atoms with Crippen molar-refractivity contribution >= 4 is 25.1 Å². The van der Waals surface area contributed by atoms with Gasteiger partial charge in [-0.15, -0.1) is 0 Å². The molecule has 9 atom stereocenters. The number of esters is 1. The number of rotatable bonds is 6. The van der Waals surface area contributed by atoms with Gasteiger partial charge in [0.25, 0.3) is 0 Å². The van der Waals surface area contributed by atoms with E-state index in [1.807, 2.05) is 13.0 Å². The normalized spacial score (nSPS) is 45.5. The van der Waals surface area contributed by atoms with Crippen LogP contribution in [0.5, 0.6) is 0 Å². The monoisotopic (exact) mass is 618 g/mol. The van der Waals surface area contributed by atoms with Crippen LogP contribution in [-0.4, -0.2) is 44.0 Å². The highest BCUT2D eigenvalue weighted by molar-refractivity contribution is 7.54. The van der Waals surface area contributed by atoms with Crippen molar-refractivity contribution in [1.29, 1.82) is 0 Å². The van der Waals surface area contributed by atoms with Crippen LogP contribution in [0.1, 0.15) is 113 Å². The molecule has 0 spiro atoms. The third-order valence-electron chi connectivity index (χ3n) is 14.4. The Hall–Kier alpha value is -1.30. The summed E-state index contributed by atoms with van der Waals surface area (Å²) in [5.41, 5.74) is -0.146. The van der Waals surface area contributed by atoms with Crippen LogP contribution in [0, 0.1) is 50.2 Å². The largest absolute Gasteiger partial charge is 0.462 e. The minimum atomic E-state index is -3.47. The Balaban J connectivity index is 1.52. The first-order chi connectivity index (χ1) is 19.8. The number of Topliss-reactive ketones (excluding diaryl/α,β-unsaturated/α-hetero) is 1. The summed E-state index contributed by atoms with van der Waals surface area (Å²) in [7, 11) is -0.808. The van der Waals surface area contributed by atoms with Crippen LogP contribution in [0.15, 0.2) is 11.6 Å². The molecule has 5 aliphatic carbocycles. The molecule has 0 radical (unpaired) electrons. The van der Waals surface area contributed by atoms with Gasteiger partial charge in [-0.3, -0.25) is 18.9 Å². The van der Waals surface area contributed by atoms with Crippen molar-refractivity contribution in [1.82, 2.24) is 0 Å². The van der Waals surface area contributed by atoms with E-state index in [2.05, 4.69) is 41.5 Å². The molecule has 5 aliphatic rings. The first-order valence-electron chi connectivity index (χ1n) is 16.4. The summed E-state index contributed by atoms with van der Waals surface area (Å²) >= 11 is 0. The number of fused-ring (bicyclic) bond motifs is 7. The Bertz CT molecular complexity index is 1280. The Morgan fingerprint density at radius 1 is 0.907 bits per heavy atom. The summed E-state index contributed by atoms with van der Waals surface area (Å²) in [6.07, 6.45) is 9.69. The van der Waals surface area contributed by atoms with Crippen LogP contribution in [0.2, 0.25) is 0 Å². The molecule has 8 heteroatoms. The first-order valence-corrected chi connectivity index (χ1v) is 18.2. The van der Waals surface area contributed by atoms with Crippen LogP contribution in [-0.2, 0) is 32.7 Å². The van der Waals surface area contributed by atoms with Gasteiger partial charge in [-0.1, -0.05) is 54.0 Å². The Morgan fingerprint density at radius 3 is 2.14 bits per heavy atom. The van der Waals surface area contributed by atoms with Gasteiger partial charge in [0.15, 0.2) is 11.6 Å². The fourth-order valence-electron chi connectivity index (χ4n) is 11.4. The molecule has 0 amide bonds. The van der Waals surface area contributed by atoms with Gasteiger partial charge in [-0.05, 0) is 97.4 Å². The molecule has 4 saturated carbocycles. The number of ether oxygens (including phenoxy) is 1. The van der Waals surface area contributed by atoms with E-state index in [0.29, 0.717) is 6.42 Å². The zero-order valence-electron chi connectivity index (χ0n) is 28.3. The quantitative estimate of drug-likeness (QED) is 0.220. The molecule has 4 fully saturated rings. The number of carbonyl (C=O) groups excluding carboxylic acids is 3. The predicted octanol–water partition coefficient (Wildman–Crippen LogP) is 7.95. The topological polar surface area (TPSA) is 96.0 Å². The highest BCUT2D eigenvalue weighted by Crippen LogP contribution is 2.75. The van der Waals surface area contributed by atoms with Gasteiger partial charge in [-0.25, -0.2) is 0 Å². The molecule has 0 unspecified atom stereocenters. The maximum atomic E-state index is 14.6. The number of carbonyl (C=O) groups is 3. The van der Waals surface area contributed by atoms with E-state index in [9.17, 15) is 18.9 Å². The molecule has 0 aromatic rings. The van der Waals surface area contributed by atoms with Gasteiger partial charge in [0.1, 0.15) is 12.3 Å². The molecular formula is C35H55O7P. The van der Waals surface area contributed by atoms with Crippen LogP contribution in [0.25, 0.3) is 0 Å². The molecule has 7 nitrogen and oxygen atoms in total. The third kappa shape index (κ3) is 4.72. The first kappa shape index (κ1) is 33.1. The van der Waals surface area contributed by atoms with Crippen LogP contribution in [0.4, 0.5) is 0 Å². The molecule has 43 heavy (non-hydrogen) atoms. The number of ketones is 2. The summed E-state index contributed by atoms with van der Waals surface area (Å²) < 4.78 is 29.0. The SMILES string of the molecule is COP(=O)(CC(=O)[C@@]1(C)CC[C@]2(C)CC[C@]3(C)C(=CC(=O)[C@@H]4[C@@]5(C)CC[C@H](OC(C)=O)C(C)(C)[C@@H]5CC[C@]43C)[C@@H]2C1)OC. The molecule has 0 heterocycles. The average molecular weight is 619 g/mol. The third-order valence-corrected chi connectivity index (χ3v) is 16.2. The van der Waals surface area contributed by atoms with E-state index in [1.54, 1.807) is 0 Å². The zero-order valence-corrected chi connectivity index (χ0v) is 29.2. The van der Waals surface area contributed by atoms with Crippen molar-refractivity contribution in [3.63, 3.8) is 0 Å². The smallest absolute Gasteiger partial charge is 0.337 e. The Labute approximate surface area is 259 Å². The molecule has 0 aromatic carbocycles. The highest BCUT2D eigenvalue weighted by Gasteiger charge is 2.70. The van der Waals surface area contributed by atoms with Crippen molar-refractivity contribution in [2.45, 2.75) is 119 Å². The second-order valence-corrected chi connectivity index (χ2v) is 19.0. The number of allylic oxidation sites excluding steroid dienone is 2. The van der Waals surface area contributed by atoms with E-state index in [0.717, 1.165) is 51.4 Å². The summed E-state index contributed by atoms with van der Waals surface area (Å²) in [6.45, 7) is 17.5. The van der Waals surface area contributed by atoms with E-state index < -0.39 is 13.0 Å². The molecule has 0 aliphatic heterocycles. The molecular weight excluding hydrogens is 563 g/mol. The summed E-state index contributed by atoms with van der Waals surface area (Å²) in [5.74, 6) is 0.240. The van der Waals surface area contributed by atoms with E-state index >= 15 is 0 Å². The van der Waals surface area contributed by atoms with Crippen molar-refractivity contribution in [3.8, 4) is 0 Å². The fourth-order valence-corrected chi connectivity index (χ4v) is 12.5. The molecule has 5 rings (SSSR count). The van der Waals surface area contributed by atoms with Crippen molar-refractivity contribution in [2.24, 2.45) is 50.2 Å². The van der Waals surface area contributed by atoms with Crippen LogP contribution < -0.4 is 0 Å². The maximum absolute atomic E-state index is 14.6. The Morgan fingerprint density at radius 2 is 1.53 bits per heavy atom. The lowest BCUT2D eigenvalue weighted by atomic mass is 9.33. The molecule has 0 bridgehead atoms. The standard InChI is InChI=1S/C35H55O7P/c1-22(36)42-28-12-13-33(6)26(30(28,2)3)11-14-35(8)29(33)25(37)19-23-24-20-32(5,27(38)21-43(39,40-9)41-10)16-15-31(24,4)17-18-34(23,35)7/h19,24,26,28-29H,11-18,20-21H2,1-10H3/t24-,26-,28-,29+,31+,32-,33-,34+,35+/m0/s1. The minimum Gasteiger partial charge on any atom is -0.462 e. The van der Waals surface area contributed by atoms with Crippen molar-refractivity contribution in [3.05, 3.63) is 11.6 Å². The molecule has 0 N–H and O–H groups in total. The fraction of sp³-hybridized carbons (Fsp3) is 0.857. The van der Waals surface area contributed by atoms with E-state index in [1.165, 1.54) is 26.7 Å². The second kappa shape index (κ2) is 10.4. The van der Waals surface area contributed by atoms with Gasteiger partial charge in [0, 0.05) is 37.9 Å². The van der Waals surface area contributed by atoms with Crippen molar-refractivity contribution < 1.29 is 32.7 Å². The minimum absolute atomic E-state index is 0.0198. The summed E-state index contributed by atoms with van der Waals surface area (Å²) in [6, 6.07) is 0. The average Bonchev–Trinajstić information content (AvgIpc) is 2.92. The van der Waals surface area contributed by atoms with Gasteiger partial charge >= 0.3 is 13.6 Å². The second-order valence-electron chi connectivity index (χ2n) is 16.8. The summed E-state index contributed by atoms with van der Waals surface area (Å²) in [4.78, 5) is 40.3. The molecule has 242 valence electrons. The van der Waals surface area contributed by atoms with Gasteiger partial charge in [0.05, 0.1) is 0 Å². The van der Waals surface area contributed by atoms with Gasteiger partial charge in [-0.2, -0.15) is 0 Å². The zero-order chi connectivity index (χ0) is 32.0. The van der Waals surface area contributed by atoms with Crippen LogP contribution in [0.3, 0.4) is 0 Å². The van der Waals surface area contributed by atoms with Crippen LogP contribution >= 0.6 is 7.60 Å².